The van der Waals surface area contributed by atoms with E-state index in [0.29, 0.717) is 36.0 Å². The molecule has 0 spiro atoms. The summed E-state index contributed by atoms with van der Waals surface area (Å²) in [6.07, 6.45) is 0.0431. The summed E-state index contributed by atoms with van der Waals surface area (Å²) in [5, 5.41) is 14.0. The third-order valence-electron chi connectivity index (χ3n) is 5.06. The minimum absolute atomic E-state index is 0.138. The largest absolute Gasteiger partial charge is 0.493 e. The molecule has 0 aliphatic carbocycles. The van der Waals surface area contributed by atoms with Crippen LogP contribution in [0.3, 0.4) is 0 Å². The molecule has 3 rings (SSSR count). The van der Waals surface area contributed by atoms with Crippen LogP contribution >= 0.6 is 11.6 Å². The van der Waals surface area contributed by atoms with Gasteiger partial charge >= 0.3 is 0 Å². The number of sulfone groups is 1. The van der Waals surface area contributed by atoms with E-state index in [1.54, 1.807) is 48.5 Å². The van der Waals surface area contributed by atoms with Crippen LogP contribution in [0.2, 0.25) is 5.02 Å². The second kappa shape index (κ2) is 10.8. The van der Waals surface area contributed by atoms with Crippen LogP contribution in [0.15, 0.2) is 76.5 Å². The third kappa shape index (κ3) is 5.81. The van der Waals surface area contributed by atoms with E-state index in [2.05, 4.69) is 5.32 Å². The highest BCUT2D eigenvalue weighted by molar-refractivity contribution is 7.91. The van der Waals surface area contributed by atoms with Crippen LogP contribution in [-0.4, -0.2) is 40.8 Å². The first-order chi connectivity index (χ1) is 15.3. The first-order valence-electron chi connectivity index (χ1n) is 10.1. The van der Waals surface area contributed by atoms with Gasteiger partial charge in [-0.1, -0.05) is 35.9 Å². The molecule has 170 valence electrons. The Morgan fingerprint density at radius 1 is 0.938 bits per heavy atom. The second-order valence-electron chi connectivity index (χ2n) is 7.19. The fraction of sp³-hybridized carbons (Fsp3) is 0.250. The van der Waals surface area contributed by atoms with Crippen LogP contribution in [0.4, 0.5) is 0 Å². The van der Waals surface area contributed by atoms with Gasteiger partial charge in [0, 0.05) is 17.6 Å². The van der Waals surface area contributed by atoms with Crippen LogP contribution < -0.4 is 14.8 Å². The van der Waals surface area contributed by atoms with Crippen molar-refractivity contribution >= 4 is 21.4 Å². The maximum Gasteiger partial charge on any atom is 0.206 e. The third-order valence-corrected chi connectivity index (χ3v) is 7.06. The summed E-state index contributed by atoms with van der Waals surface area (Å²) in [4.78, 5) is 0.345. The molecule has 32 heavy (non-hydrogen) atoms. The standard InChI is InChI=1S/C24H26ClNO5S/c1-30-23-11-10-21(15-24(23)31-2)32(28,29)20-8-6-17(7-9-20)12-13-26-16-22(27)18-4-3-5-19(25)14-18/h3-11,14-15,22,26-27H,12-13,16H2,1-2H3. The zero-order chi connectivity index (χ0) is 23.1. The molecule has 0 fully saturated rings. The molecule has 0 aliphatic rings. The lowest BCUT2D eigenvalue weighted by atomic mass is 10.1. The zero-order valence-electron chi connectivity index (χ0n) is 17.9. The highest BCUT2D eigenvalue weighted by Crippen LogP contribution is 2.32. The maximum atomic E-state index is 13.0. The molecule has 0 saturated carbocycles. The van der Waals surface area contributed by atoms with E-state index in [0.717, 1.165) is 11.1 Å². The minimum atomic E-state index is -3.68. The average molecular weight is 476 g/mol. The first kappa shape index (κ1) is 24.1. The number of hydrogen-bond acceptors (Lipinski definition) is 6. The highest BCUT2D eigenvalue weighted by Gasteiger charge is 2.20. The summed E-state index contributed by atoms with van der Waals surface area (Å²) in [5.41, 5.74) is 1.75. The molecular weight excluding hydrogens is 450 g/mol. The molecule has 3 aromatic carbocycles. The summed E-state index contributed by atoms with van der Waals surface area (Å²) in [7, 11) is -0.718. The second-order valence-corrected chi connectivity index (χ2v) is 9.58. The topological polar surface area (TPSA) is 84.9 Å². The lowest BCUT2D eigenvalue weighted by Crippen LogP contribution is -2.23. The molecule has 8 heteroatoms. The Balaban J connectivity index is 1.58. The predicted molar refractivity (Wildman–Crippen MR) is 124 cm³/mol. The first-order valence-corrected chi connectivity index (χ1v) is 11.9. The number of rotatable bonds is 10. The lowest BCUT2D eigenvalue weighted by Gasteiger charge is -2.13. The molecule has 3 aromatic rings. The Hall–Kier alpha value is -2.58. The van der Waals surface area contributed by atoms with Gasteiger partial charge in [-0.25, -0.2) is 8.42 Å². The highest BCUT2D eigenvalue weighted by atomic mass is 35.5. The lowest BCUT2D eigenvalue weighted by molar-refractivity contribution is 0.175. The molecule has 2 N–H and O–H groups in total. The number of nitrogens with one attached hydrogen (secondary N) is 1. The van der Waals surface area contributed by atoms with Crippen molar-refractivity contribution in [3.63, 3.8) is 0 Å². The maximum absolute atomic E-state index is 13.0. The molecule has 1 atom stereocenters. The molecule has 0 heterocycles. The molecule has 0 aliphatic heterocycles. The van der Waals surface area contributed by atoms with Crippen LogP contribution in [0.5, 0.6) is 11.5 Å². The number of hydrogen-bond donors (Lipinski definition) is 2. The number of aliphatic hydroxyl groups excluding tert-OH is 1. The van der Waals surface area contributed by atoms with Crippen molar-refractivity contribution in [3.8, 4) is 11.5 Å². The van der Waals surface area contributed by atoms with Crippen LogP contribution in [0, 0.1) is 0 Å². The van der Waals surface area contributed by atoms with Gasteiger partial charge in [0.15, 0.2) is 11.5 Å². The normalized spacial score (nSPS) is 12.4. The Morgan fingerprint density at radius 3 is 2.28 bits per heavy atom. The summed E-state index contributed by atoms with van der Waals surface area (Å²) in [6.45, 7) is 1.03. The number of aliphatic hydroxyl groups is 1. The molecular formula is C24H26ClNO5S. The summed E-state index contributed by atoms with van der Waals surface area (Å²) in [6, 6.07) is 18.5. The Labute approximate surface area is 193 Å². The van der Waals surface area contributed by atoms with Crippen LogP contribution in [0.1, 0.15) is 17.2 Å². The molecule has 0 radical (unpaired) electrons. The Kier molecular flexibility index (Phi) is 8.15. The van der Waals surface area contributed by atoms with E-state index in [-0.39, 0.29) is 9.79 Å². The van der Waals surface area contributed by atoms with E-state index >= 15 is 0 Å². The fourth-order valence-corrected chi connectivity index (χ4v) is 4.73. The Bertz CT molecular complexity index is 1150. The fourth-order valence-electron chi connectivity index (χ4n) is 3.26. The summed E-state index contributed by atoms with van der Waals surface area (Å²) >= 11 is 5.96. The van der Waals surface area contributed by atoms with Gasteiger partial charge in [0.1, 0.15) is 0 Å². The van der Waals surface area contributed by atoms with E-state index < -0.39 is 15.9 Å². The summed E-state index contributed by atoms with van der Waals surface area (Å²) in [5.74, 6) is 0.825. The number of methoxy groups -OCH3 is 2. The molecule has 0 bridgehead atoms. The van der Waals surface area contributed by atoms with Gasteiger partial charge in [0.25, 0.3) is 0 Å². The van der Waals surface area contributed by atoms with Gasteiger partial charge in [0.05, 0.1) is 30.1 Å². The van der Waals surface area contributed by atoms with Crippen molar-refractivity contribution in [1.29, 1.82) is 0 Å². The zero-order valence-corrected chi connectivity index (χ0v) is 19.5. The molecule has 6 nitrogen and oxygen atoms in total. The van der Waals surface area contributed by atoms with Gasteiger partial charge in [0.2, 0.25) is 9.84 Å². The van der Waals surface area contributed by atoms with Crippen molar-refractivity contribution in [2.45, 2.75) is 22.3 Å². The van der Waals surface area contributed by atoms with E-state index in [4.69, 9.17) is 21.1 Å². The smallest absolute Gasteiger partial charge is 0.206 e. The number of ether oxygens (including phenoxy) is 2. The number of benzene rings is 3. The summed E-state index contributed by atoms with van der Waals surface area (Å²) < 4.78 is 36.3. The monoisotopic (exact) mass is 475 g/mol. The van der Waals surface area contributed by atoms with Gasteiger partial charge < -0.3 is 19.9 Å². The van der Waals surface area contributed by atoms with E-state index in [1.807, 2.05) is 6.07 Å². The molecule has 1 unspecified atom stereocenters. The number of halogens is 1. The van der Waals surface area contributed by atoms with Crippen molar-refractivity contribution in [2.24, 2.45) is 0 Å². The van der Waals surface area contributed by atoms with Gasteiger partial charge in [-0.15, -0.1) is 0 Å². The Morgan fingerprint density at radius 2 is 1.62 bits per heavy atom. The van der Waals surface area contributed by atoms with Crippen LogP contribution in [0.25, 0.3) is 0 Å². The van der Waals surface area contributed by atoms with E-state index in [9.17, 15) is 13.5 Å². The van der Waals surface area contributed by atoms with Crippen molar-refractivity contribution in [2.75, 3.05) is 27.3 Å². The average Bonchev–Trinajstić information content (AvgIpc) is 2.81. The quantitative estimate of drug-likeness (QED) is 0.430. The van der Waals surface area contributed by atoms with Crippen molar-refractivity contribution in [3.05, 3.63) is 82.9 Å². The van der Waals surface area contributed by atoms with Crippen molar-refractivity contribution < 1.29 is 23.0 Å². The minimum Gasteiger partial charge on any atom is -0.493 e. The molecule has 0 aromatic heterocycles. The van der Waals surface area contributed by atoms with Gasteiger partial charge in [-0.2, -0.15) is 0 Å². The van der Waals surface area contributed by atoms with Gasteiger partial charge in [-0.05, 0) is 60.5 Å². The SMILES string of the molecule is COc1ccc(S(=O)(=O)c2ccc(CCNCC(O)c3cccc(Cl)c3)cc2)cc1OC. The van der Waals surface area contributed by atoms with E-state index in [1.165, 1.54) is 26.4 Å². The van der Waals surface area contributed by atoms with Crippen molar-refractivity contribution in [1.82, 2.24) is 5.32 Å². The van der Waals surface area contributed by atoms with Gasteiger partial charge in [-0.3, -0.25) is 0 Å². The van der Waals surface area contributed by atoms with Crippen LogP contribution in [-0.2, 0) is 16.3 Å². The predicted octanol–water partition coefficient (Wildman–Crippen LogP) is 4.06. The molecule has 0 saturated heterocycles. The molecule has 0 amide bonds.